The number of allylic oxidation sites excluding steroid dienone is 2. The van der Waals surface area contributed by atoms with E-state index in [4.69, 9.17) is 14.7 Å². The zero-order valence-electron chi connectivity index (χ0n) is 16.3. The van der Waals surface area contributed by atoms with E-state index in [-0.39, 0.29) is 17.5 Å². The Balaban J connectivity index is 2.23. The lowest BCUT2D eigenvalue weighted by Gasteiger charge is -2.31. The van der Waals surface area contributed by atoms with Crippen LogP contribution < -0.4 is 0 Å². The van der Waals surface area contributed by atoms with Crippen LogP contribution >= 0.6 is 0 Å². The maximum atomic E-state index is 12.8. The first kappa shape index (κ1) is 21.2. The molecule has 2 fully saturated rings. The van der Waals surface area contributed by atoms with Gasteiger partial charge in [-0.2, -0.15) is 0 Å². The van der Waals surface area contributed by atoms with Crippen LogP contribution in [-0.2, 0) is 28.7 Å². The average molecular weight is 378 g/mol. The van der Waals surface area contributed by atoms with Gasteiger partial charge in [0.25, 0.3) is 0 Å². The minimum Gasteiger partial charge on any atom is -0.450 e. The summed E-state index contributed by atoms with van der Waals surface area (Å²) >= 11 is 0. The Labute approximate surface area is 158 Å². The Morgan fingerprint density at radius 3 is 2.59 bits per heavy atom. The van der Waals surface area contributed by atoms with E-state index in [1.165, 1.54) is 12.2 Å². The highest BCUT2D eigenvalue weighted by Gasteiger charge is 2.66. The van der Waals surface area contributed by atoms with Gasteiger partial charge in [-0.25, -0.2) is 9.68 Å². The Morgan fingerprint density at radius 2 is 2.04 bits per heavy atom. The minimum absolute atomic E-state index is 0.141. The number of hydrogen-bond acceptors (Lipinski definition) is 7. The molecule has 0 aromatic rings. The molecule has 0 amide bonds. The van der Waals surface area contributed by atoms with E-state index < -0.39 is 35.0 Å². The van der Waals surface area contributed by atoms with E-state index in [1.807, 2.05) is 0 Å². The second kappa shape index (κ2) is 7.50. The lowest BCUT2D eigenvalue weighted by molar-refractivity contribution is -0.297. The van der Waals surface area contributed by atoms with Crippen molar-refractivity contribution in [3.05, 3.63) is 36.0 Å². The Kier molecular flexibility index (Phi) is 5.89. The molecule has 1 N–H and O–H groups in total. The van der Waals surface area contributed by atoms with Crippen molar-refractivity contribution in [2.24, 2.45) is 5.92 Å². The number of rotatable bonds is 7. The highest BCUT2D eigenvalue weighted by atomic mass is 17.1. The van der Waals surface area contributed by atoms with Crippen LogP contribution in [0.4, 0.5) is 0 Å². The van der Waals surface area contributed by atoms with Crippen molar-refractivity contribution in [3.63, 3.8) is 0 Å². The van der Waals surface area contributed by atoms with Crippen molar-refractivity contribution in [1.82, 2.24) is 0 Å². The van der Waals surface area contributed by atoms with Crippen LogP contribution in [0.15, 0.2) is 36.0 Å². The minimum atomic E-state index is -1.14. The molecule has 1 saturated carbocycles. The second-order valence-electron chi connectivity index (χ2n) is 7.64. The summed E-state index contributed by atoms with van der Waals surface area (Å²) in [7, 11) is 0. The van der Waals surface area contributed by atoms with E-state index in [9.17, 15) is 14.4 Å². The fraction of sp³-hybridized carbons (Fsp3) is 0.550. The lowest BCUT2D eigenvalue weighted by Crippen LogP contribution is -2.48. The third-order valence-electron chi connectivity index (χ3n) is 5.15. The number of carbonyl (C=O) groups is 3. The smallest absolute Gasteiger partial charge is 0.334 e. The first-order chi connectivity index (χ1) is 12.5. The number of epoxide rings is 1. The van der Waals surface area contributed by atoms with Gasteiger partial charge in [-0.05, 0) is 58.8 Å². The molecular formula is C20H26O7. The molecule has 0 bridgehead atoms. The molecule has 4 atom stereocenters. The number of ketones is 2. The van der Waals surface area contributed by atoms with Crippen molar-refractivity contribution in [2.45, 2.75) is 64.4 Å². The first-order valence-electron chi connectivity index (χ1n) is 8.77. The largest absolute Gasteiger partial charge is 0.450 e. The van der Waals surface area contributed by atoms with Gasteiger partial charge in [-0.1, -0.05) is 12.7 Å². The van der Waals surface area contributed by atoms with Gasteiger partial charge in [-0.3, -0.25) is 14.8 Å². The number of ether oxygens (including phenoxy) is 2. The van der Waals surface area contributed by atoms with E-state index in [2.05, 4.69) is 11.5 Å². The maximum absolute atomic E-state index is 12.8. The van der Waals surface area contributed by atoms with Crippen molar-refractivity contribution in [2.75, 3.05) is 0 Å². The molecule has 1 aliphatic carbocycles. The maximum Gasteiger partial charge on any atom is 0.334 e. The molecule has 1 saturated heterocycles. The molecule has 27 heavy (non-hydrogen) atoms. The van der Waals surface area contributed by atoms with E-state index >= 15 is 0 Å². The Morgan fingerprint density at radius 1 is 1.41 bits per heavy atom. The number of fused-ring (bicyclic) bond motifs is 1. The van der Waals surface area contributed by atoms with E-state index in [0.29, 0.717) is 12.0 Å². The predicted octanol–water partition coefficient (Wildman–Crippen LogP) is 2.56. The van der Waals surface area contributed by atoms with Crippen LogP contribution in [0, 0.1) is 5.92 Å². The molecule has 2 aliphatic rings. The molecule has 0 radical (unpaired) electrons. The summed E-state index contributed by atoms with van der Waals surface area (Å²) in [6.07, 6.45) is 3.09. The number of carbonyl (C=O) groups excluding carboxylic acids is 3. The van der Waals surface area contributed by atoms with Crippen LogP contribution in [0.5, 0.6) is 0 Å². The molecule has 0 aromatic heterocycles. The van der Waals surface area contributed by atoms with Gasteiger partial charge in [-0.15, -0.1) is 0 Å². The van der Waals surface area contributed by atoms with Crippen LogP contribution in [0.2, 0.25) is 0 Å². The summed E-state index contributed by atoms with van der Waals surface area (Å²) in [6.45, 7) is 11.9. The zero-order valence-corrected chi connectivity index (χ0v) is 16.3. The SMILES string of the molecule is C=C(C(=O)C=CC(C)(C)OO)C1CC2OC2(C)C(=O)C1OC(=O)C(C)=CC. The van der Waals surface area contributed by atoms with Crippen LogP contribution in [0.1, 0.15) is 41.0 Å². The van der Waals surface area contributed by atoms with Crippen LogP contribution in [0.3, 0.4) is 0 Å². The monoisotopic (exact) mass is 378 g/mol. The molecule has 0 spiro atoms. The number of hydrogen-bond donors (Lipinski definition) is 1. The molecule has 1 aliphatic heterocycles. The summed E-state index contributed by atoms with van der Waals surface area (Å²) < 4.78 is 10.9. The van der Waals surface area contributed by atoms with E-state index in [1.54, 1.807) is 40.7 Å². The van der Waals surface area contributed by atoms with Crippen molar-refractivity contribution in [3.8, 4) is 0 Å². The van der Waals surface area contributed by atoms with E-state index in [0.717, 1.165) is 0 Å². The Hall–Kier alpha value is -2.09. The molecule has 1 heterocycles. The molecule has 7 nitrogen and oxygen atoms in total. The summed E-state index contributed by atoms with van der Waals surface area (Å²) in [5.74, 6) is -2.10. The third-order valence-corrected chi connectivity index (χ3v) is 5.15. The lowest BCUT2D eigenvalue weighted by atomic mass is 9.75. The molecule has 7 heteroatoms. The fourth-order valence-corrected chi connectivity index (χ4v) is 2.95. The quantitative estimate of drug-likeness (QED) is 0.239. The topological polar surface area (TPSA) is 102 Å². The highest BCUT2D eigenvalue weighted by Crippen LogP contribution is 2.49. The predicted molar refractivity (Wildman–Crippen MR) is 96.8 cm³/mol. The molecule has 4 unspecified atom stereocenters. The van der Waals surface area contributed by atoms with Crippen LogP contribution in [0.25, 0.3) is 0 Å². The van der Waals surface area contributed by atoms with Gasteiger partial charge in [0.15, 0.2) is 17.5 Å². The van der Waals surface area contributed by atoms with Crippen LogP contribution in [-0.4, -0.2) is 46.2 Å². The van der Waals surface area contributed by atoms with Gasteiger partial charge in [0.2, 0.25) is 5.78 Å². The fourth-order valence-electron chi connectivity index (χ4n) is 2.95. The van der Waals surface area contributed by atoms with Gasteiger partial charge in [0.05, 0.1) is 6.10 Å². The normalized spacial score (nSPS) is 30.8. The molecule has 2 rings (SSSR count). The highest BCUT2D eigenvalue weighted by molar-refractivity contribution is 6.06. The number of esters is 1. The molecule has 148 valence electrons. The summed E-state index contributed by atoms with van der Waals surface area (Å²) in [4.78, 5) is 41.7. The first-order valence-corrected chi connectivity index (χ1v) is 8.77. The molecular weight excluding hydrogens is 352 g/mol. The van der Waals surface area contributed by atoms with Gasteiger partial charge in [0, 0.05) is 11.5 Å². The summed E-state index contributed by atoms with van der Waals surface area (Å²) in [5, 5.41) is 8.81. The standard InChI is InChI=1S/C20H26O7/c1-7-11(2)18(23)25-16-13(10-15-20(6,26-15)17(16)22)12(3)14(21)8-9-19(4,5)27-24/h7-9,13,15-16,24H,3,10H2,1-2,4-6H3. The summed E-state index contributed by atoms with van der Waals surface area (Å²) in [5.41, 5.74) is -1.52. The zero-order chi connectivity index (χ0) is 20.6. The molecule has 0 aromatic carbocycles. The second-order valence-corrected chi connectivity index (χ2v) is 7.64. The summed E-state index contributed by atoms with van der Waals surface area (Å²) in [6, 6.07) is 0. The van der Waals surface area contributed by atoms with Crippen molar-refractivity contribution < 1.29 is 34.0 Å². The van der Waals surface area contributed by atoms with Gasteiger partial charge < -0.3 is 9.47 Å². The van der Waals surface area contributed by atoms with Gasteiger partial charge in [0.1, 0.15) is 5.60 Å². The van der Waals surface area contributed by atoms with Gasteiger partial charge >= 0.3 is 5.97 Å². The number of Topliss-reactive ketones (excluding diaryl/α,β-unsaturated/α-hetero) is 1. The Bertz CT molecular complexity index is 731. The third kappa shape index (κ3) is 4.26. The average Bonchev–Trinajstić information content (AvgIpc) is 3.32. The van der Waals surface area contributed by atoms with Crippen molar-refractivity contribution >= 4 is 17.5 Å². The van der Waals surface area contributed by atoms with Crippen molar-refractivity contribution in [1.29, 1.82) is 0 Å².